The van der Waals surface area contributed by atoms with Crippen LogP contribution in [0.2, 0.25) is 0 Å². The average molecular weight is 324 g/mol. The molecule has 2 aliphatic carbocycles. The smallest absolute Gasteiger partial charge is 0.303 e. The van der Waals surface area contributed by atoms with Gasteiger partial charge in [0.25, 0.3) is 0 Å². The second-order valence-corrected chi connectivity index (χ2v) is 7.35. The van der Waals surface area contributed by atoms with Crippen LogP contribution in [0.1, 0.15) is 44.9 Å². The van der Waals surface area contributed by atoms with E-state index >= 15 is 0 Å². The van der Waals surface area contributed by atoms with Crippen LogP contribution in [0.4, 0.5) is 0 Å². The number of rotatable bonds is 1. The van der Waals surface area contributed by atoms with Gasteiger partial charge < -0.3 is 20.3 Å². The molecule has 0 radical (unpaired) electrons. The SMILES string of the molecule is [O-][N+]1=C2CCCC(=NO)[C@@]2(O)[C@H]2CCCC[C@@]21[NH+]1CCOCC1. The maximum Gasteiger partial charge on any atom is 0.303 e. The molecule has 0 amide bonds. The second-order valence-electron chi connectivity index (χ2n) is 7.35. The van der Waals surface area contributed by atoms with E-state index in [0.29, 0.717) is 37.5 Å². The Kier molecular flexibility index (Phi) is 3.62. The summed E-state index contributed by atoms with van der Waals surface area (Å²) in [7, 11) is 0. The summed E-state index contributed by atoms with van der Waals surface area (Å²) in [4.78, 5) is 1.23. The number of aliphatic hydroxyl groups is 1. The number of fused-ring (bicyclic) bond motifs is 3. The zero-order chi connectivity index (χ0) is 16.1. The average Bonchev–Trinajstić information content (AvgIpc) is 2.82. The summed E-state index contributed by atoms with van der Waals surface area (Å²) >= 11 is 0. The Balaban J connectivity index is 1.85. The Morgan fingerprint density at radius 1 is 1.22 bits per heavy atom. The summed E-state index contributed by atoms with van der Waals surface area (Å²) in [5, 5.41) is 37.8. The maximum absolute atomic E-state index is 13.4. The molecule has 2 aliphatic heterocycles. The number of hydrogen-bond acceptors (Lipinski definition) is 5. The molecule has 3 N–H and O–H groups in total. The van der Waals surface area contributed by atoms with E-state index in [1.807, 2.05) is 0 Å². The van der Waals surface area contributed by atoms with Gasteiger partial charge >= 0.3 is 5.66 Å². The monoisotopic (exact) mass is 324 g/mol. The predicted octanol–water partition coefficient (Wildman–Crippen LogP) is -0.502. The third-order valence-corrected chi connectivity index (χ3v) is 6.53. The third-order valence-electron chi connectivity index (χ3n) is 6.53. The van der Waals surface area contributed by atoms with Crippen molar-refractivity contribution in [1.29, 1.82) is 0 Å². The van der Waals surface area contributed by atoms with Gasteiger partial charge in [0.2, 0.25) is 11.3 Å². The van der Waals surface area contributed by atoms with Gasteiger partial charge in [0.05, 0.1) is 25.3 Å². The highest BCUT2D eigenvalue weighted by atomic mass is 16.5. The summed E-state index contributed by atoms with van der Waals surface area (Å²) in [6, 6.07) is 0. The molecule has 2 saturated carbocycles. The molecule has 23 heavy (non-hydrogen) atoms. The van der Waals surface area contributed by atoms with Gasteiger partial charge in [-0.1, -0.05) is 11.6 Å². The van der Waals surface area contributed by atoms with Crippen LogP contribution >= 0.6 is 0 Å². The molecule has 4 aliphatic rings. The molecule has 0 bridgehead atoms. The highest BCUT2D eigenvalue weighted by Crippen LogP contribution is 2.48. The number of oxime groups is 1. The minimum Gasteiger partial charge on any atom is -0.619 e. The standard InChI is InChI=1S/C16H25N3O4/c20-16-12-4-1-2-7-15(12,18-8-10-23-11-9-18)19(22)14(16)6-3-5-13(16)17-21/h12,20-21H,1-11H2/p+1/t12-,15-,16-/m0/s1. The van der Waals surface area contributed by atoms with Gasteiger partial charge in [-0.2, -0.15) is 4.74 Å². The van der Waals surface area contributed by atoms with Crippen LogP contribution in [0, 0.1) is 11.1 Å². The van der Waals surface area contributed by atoms with E-state index in [1.54, 1.807) is 0 Å². The Morgan fingerprint density at radius 3 is 2.74 bits per heavy atom. The van der Waals surface area contributed by atoms with Crippen molar-refractivity contribution in [3.63, 3.8) is 0 Å². The molecule has 3 fully saturated rings. The molecule has 0 aromatic rings. The van der Waals surface area contributed by atoms with E-state index in [2.05, 4.69) is 5.16 Å². The molecular formula is C16H26N3O4+. The first-order valence-corrected chi connectivity index (χ1v) is 8.86. The number of nitrogens with one attached hydrogen (secondary N) is 1. The summed E-state index contributed by atoms with van der Waals surface area (Å²) in [5.41, 5.74) is -1.05. The fourth-order valence-electron chi connectivity index (χ4n) is 5.57. The van der Waals surface area contributed by atoms with Gasteiger partial charge in [-0.05, 0) is 25.7 Å². The van der Waals surface area contributed by atoms with Crippen molar-refractivity contribution in [3.8, 4) is 0 Å². The molecule has 0 unspecified atom stereocenters. The highest BCUT2D eigenvalue weighted by molar-refractivity contribution is 6.15. The second kappa shape index (κ2) is 5.43. The number of morpholine rings is 1. The van der Waals surface area contributed by atoms with Gasteiger partial charge in [0.15, 0.2) is 0 Å². The summed E-state index contributed by atoms with van der Waals surface area (Å²) in [6.07, 6.45) is 5.55. The van der Waals surface area contributed by atoms with E-state index in [1.165, 1.54) is 4.90 Å². The molecule has 7 nitrogen and oxygen atoms in total. The van der Waals surface area contributed by atoms with E-state index in [-0.39, 0.29) is 5.92 Å². The molecule has 0 aromatic carbocycles. The minimum absolute atomic E-state index is 0.185. The first-order valence-electron chi connectivity index (χ1n) is 8.86. The maximum atomic E-state index is 13.4. The normalized spacial score (nSPS) is 43.5. The van der Waals surface area contributed by atoms with E-state index in [0.717, 1.165) is 49.9 Å². The molecule has 0 aromatic heterocycles. The molecule has 3 atom stereocenters. The zero-order valence-corrected chi connectivity index (χ0v) is 13.5. The first kappa shape index (κ1) is 15.4. The predicted molar refractivity (Wildman–Crippen MR) is 82.9 cm³/mol. The lowest BCUT2D eigenvalue weighted by molar-refractivity contribution is -1.05. The number of hydrogen-bond donors (Lipinski definition) is 3. The lowest BCUT2D eigenvalue weighted by Gasteiger charge is -2.45. The molecule has 128 valence electrons. The van der Waals surface area contributed by atoms with Gasteiger partial charge in [-0.3, -0.25) is 4.90 Å². The molecule has 2 heterocycles. The van der Waals surface area contributed by atoms with Gasteiger partial charge in [0.1, 0.15) is 19.0 Å². The molecular weight excluding hydrogens is 298 g/mol. The van der Waals surface area contributed by atoms with Crippen LogP contribution < -0.4 is 4.90 Å². The highest BCUT2D eigenvalue weighted by Gasteiger charge is 2.74. The van der Waals surface area contributed by atoms with Crippen LogP contribution in [0.5, 0.6) is 0 Å². The van der Waals surface area contributed by atoms with E-state index in [4.69, 9.17) is 4.74 Å². The third kappa shape index (κ3) is 1.87. The summed E-state index contributed by atoms with van der Waals surface area (Å²) in [6.45, 7) is 2.91. The largest absolute Gasteiger partial charge is 0.619 e. The van der Waals surface area contributed by atoms with Crippen molar-refractivity contribution >= 4 is 11.4 Å². The van der Waals surface area contributed by atoms with Crippen LogP contribution in [0.3, 0.4) is 0 Å². The van der Waals surface area contributed by atoms with E-state index < -0.39 is 11.3 Å². The van der Waals surface area contributed by atoms with Crippen LogP contribution in [0.25, 0.3) is 0 Å². The van der Waals surface area contributed by atoms with Crippen molar-refractivity contribution in [2.75, 3.05) is 26.3 Å². The summed E-state index contributed by atoms with van der Waals surface area (Å²) < 4.78 is 6.62. The van der Waals surface area contributed by atoms with Gasteiger partial charge in [-0.15, -0.1) is 0 Å². The number of hydroxylamine groups is 1. The minimum atomic E-state index is -1.35. The Morgan fingerprint density at radius 2 is 2.00 bits per heavy atom. The molecule has 0 spiro atoms. The molecule has 7 heteroatoms. The van der Waals surface area contributed by atoms with Gasteiger partial charge in [-0.25, -0.2) is 0 Å². The van der Waals surface area contributed by atoms with Crippen molar-refractivity contribution in [1.82, 2.24) is 0 Å². The molecule has 1 saturated heterocycles. The summed E-state index contributed by atoms with van der Waals surface area (Å²) in [5.74, 6) is -0.185. The number of ether oxygens (including phenoxy) is 1. The van der Waals surface area contributed by atoms with Crippen molar-refractivity contribution in [3.05, 3.63) is 5.21 Å². The van der Waals surface area contributed by atoms with Crippen LogP contribution in [-0.2, 0) is 4.74 Å². The van der Waals surface area contributed by atoms with Crippen molar-refractivity contribution < 1.29 is 24.7 Å². The lowest BCUT2D eigenvalue weighted by atomic mass is 9.65. The number of nitrogens with zero attached hydrogens (tertiary/aromatic N) is 2. The topological polar surface area (TPSA) is 92.6 Å². The Hall–Kier alpha value is -1.18. The van der Waals surface area contributed by atoms with Crippen molar-refractivity contribution in [2.24, 2.45) is 11.1 Å². The quantitative estimate of drug-likeness (QED) is 0.262. The number of quaternary nitrogens is 1. The van der Waals surface area contributed by atoms with Crippen molar-refractivity contribution in [2.45, 2.75) is 56.2 Å². The van der Waals surface area contributed by atoms with Crippen LogP contribution in [0.15, 0.2) is 5.16 Å². The van der Waals surface area contributed by atoms with Gasteiger partial charge in [0, 0.05) is 6.42 Å². The van der Waals surface area contributed by atoms with E-state index in [9.17, 15) is 15.5 Å². The molecule has 4 rings (SSSR count). The first-order chi connectivity index (χ1) is 11.2. The Labute approximate surface area is 135 Å². The van der Waals surface area contributed by atoms with Crippen LogP contribution in [-0.4, -0.2) is 64.0 Å². The fourth-order valence-corrected chi connectivity index (χ4v) is 5.57. The Bertz CT molecular complexity index is 558. The fraction of sp³-hybridized carbons (Fsp3) is 0.875. The lowest BCUT2D eigenvalue weighted by Crippen LogP contribution is -3.24. The zero-order valence-electron chi connectivity index (χ0n) is 13.5.